The zero-order valence-corrected chi connectivity index (χ0v) is 15.9. The zero-order valence-electron chi connectivity index (χ0n) is 14.9. The highest BCUT2D eigenvalue weighted by atomic mass is 28.3. The second-order valence-corrected chi connectivity index (χ2v) is 11.0. The van der Waals surface area contributed by atoms with E-state index >= 15 is 0 Å². The molecule has 1 aromatic carbocycles. The lowest BCUT2D eigenvalue weighted by Crippen LogP contribution is -2.42. The highest BCUT2D eigenvalue weighted by Gasteiger charge is 2.29. The van der Waals surface area contributed by atoms with Gasteiger partial charge < -0.3 is 9.72 Å². The van der Waals surface area contributed by atoms with Crippen molar-refractivity contribution in [1.29, 1.82) is 0 Å². The lowest BCUT2D eigenvalue weighted by atomic mass is 10.2. The van der Waals surface area contributed by atoms with Gasteiger partial charge in [-0.3, -0.25) is 0 Å². The third-order valence-corrected chi connectivity index (χ3v) is 9.45. The normalized spacial score (nSPS) is 11.4. The first kappa shape index (κ1) is 18.4. The van der Waals surface area contributed by atoms with Crippen LogP contribution in [0.4, 0.5) is 10.2 Å². The molecule has 0 atom stereocenters. The Labute approximate surface area is 144 Å². The Balaban J connectivity index is 2.11. The van der Waals surface area contributed by atoms with E-state index in [9.17, 15) is 4.39 Å². The summed E-state index contributed by atoms with van der Waals surface area (Å²) in [5, 5.41) is 0. The van der Waals surface area contributed by atoms with E-state index < -0.39 is 14.1 Å². The largest absolute Gasteiger partial charge is 0.459 e. The van der Waals surface area contributed by atoms with Crippen LogP contribution in [0.2, 0.25) is 18.1 Å². The Morgan fingerprint density at radius 3 is 2.29 bits per heavy atom. The van der Waals surface area contributed by atoms with Crippen LogP contribution in [-0.4, -0.2) is 18.2 Å². The number of aromatic nitrogens is 2. The molecule has 0 aliphatic carbocycles. The molecule has 0 bridgehead atoms. The number of nitrogens with zero attached hydrogens (tertiary/aromatic N) is 2. The van der Waals surface area contributed by atoms with E-state index in [1.165, 1.54) is 11.8 Å². The van der Waals surface area contributed by atoms with Gasteiger partial charge in [0.1, 0.15) is 6.61 Å². The van der Waals surface area contributed by atoms with Crippen LogP contribution in [-0.2, 0) is 6.61 Å². The van der Waals surface area contributed by atoms with E-state index in [4.69, 9.17) is 4.74 Å². The van der Waals surface area contributed by atoms with Gasteiger partial charge in [-0.2, -0.15) is 4.98 Å². The predicted molar refractivity (Wildman–Crippen MR) is 98.3 cm³/mol. The van der Waals surface area contributed by atoms with Crippen molar-refractivity contribution in [3.63, 3.8) is 0 Å². The zero-order chi connectivity index (χ0) is 17.6. The van der Waals surface area contributed by atoms with E-state index in [-0.39, 0.29) is 11.8 Å². The fourth-order valence-electron chi connectivity index (χ4n) is 2.61. The van der Waals surface area contributed by atoms with E-state index in [2.05, 4.69) is 35.7 Å². The van der Waals surface area contributed by atoms with Gasteiger partial charge in [-0.1, -0.05) is 50.6 Å². The average molecular weight is 348 g/mol. The molecule has 0 unspecified atom stereocenters. The molecule has 2 aromatic rings. The fraction of sp³-hybridized carbons (Fsp3) is 0.444. The van der Waals surface area contributed by atoms with Gasteiger partial charge in [-0.05, 0) is 30.6 Å². The quantitative estimate of drug-likeness (QED) is 0.689. The highest BCUT2D eigenvalue weighted by Crippen LogP contribution is 2.24. The number of rotatable bonds is 8. The monoisotopic (exact) mass is 347 g/mol. The molecule has 0 saturated carbocycles. The van der Waals surface area contributed by atoms with Crippen molar-refractivity contribution in [3.05, 3.63) is 47.4 Å². The van der Waals surface area contributed by atoms with Gasteiger partial charge in [0.2, 0.25) is 0 Å². The molecule has 1 N–H and O–H groups in total. The lowest BCUT2D eigenvalue weighted by Gasteiger charge is -2.29. The van der Waals surface area contributed by atoms with Crippen LogP contribution in [0.1, 0.15) is 31.9 Å². The SMILES string of the molecule is CC[Si](CC)(CC)Nc1nc(OCc2ccc(C)cc2)ncc1F. The first-order chi connectivity index (χ1) is 11.5. The molecule has 0 spiro atoms. The number of halogens is 1. The maximum atomic E-state index is 14.1. The molecule has 0 radical (unpaired) electrons. The summed E-state index contributed by atoms with van der Waals surface area (Å²) in [6, 6.07) is 11.4. The third kappa shape index (κ3) is 4.53. The number of nitrogens with one attached hydrogen (secondary N) is 1. The van der Waals surface area contributed by atoms with Crippen molar-refractivity contribution in [2.45, 2.75) is 52.4 Å². The van der Waals surface area contributed by atoms with Crippen LogP contribution in [0.25, 0.3) is 0 Å². The molecule has 1 aromatic heterocycles. The van der Waals surface area contributed by atoms with Crippen molar-refractivity contribution in [3.8, 4) is 6.01 Å². The molecule has 1 heterocycles. The minimum atomic E-state index is -1.74. The second kappa shape index (κ2) is 8.24. The van der Waals surface area contributed by atoms with Gasteiger partial charge >= 0.3 is 6.01 Å². The van der Waals surface area contributed by atoms with Crippen molar-refractivity contribution < 1.29 is 9.13 Å². The molecule has 130 valence electrons. The van der Waals surface area contributed by atoms with E-state index in [0.717, 1.165) is 23.7 Å². The molecule has 6 heteroatoms. The number of benzene rings is 1. The van der Waals surface area contributed by atoms with Crippen molar-refractivity contribution in [1.82, 2.24) is 9.97 Å². The molecule has 24 heavy (non-hydrogen) atoms. The van der Waals surface area contributed by atoms with Crippen LogP contribution in [0.15, 0.2) is 30.5 Å². The van der Waals surface area contributed by atoms with Gasteiger partial charge in [0.25, 0.3) is 0 Å². The van der Waals surface area contributed by atoms with Gasteiger partial charge in [0.15, 0.2) is 19.9 Å². The summed E-state index contributed by atoms with van der Waals surface area (Å²) < 4.78 is 19.7. The maximum absolute atomic E-state index is 14.1. The molecule has 0 amide bonds. The van der Waals surface area contributed by atoms with Gasteiger partial charge in [0, 0.05) is 0 Å². The molecule has 0 aliphatic rings. The average Bonchev–Trinajstić information content (AvgIpc) is 2.61. The molecule has 0 aliphatic heterocycles. The van der Waals surface area contributed by atoms with Gasteiger partial charge in [-0.15, -0.1) is 0 Å². The number of ether oxygens (including phenoxy) is 1. The van der Waals surface area contributed by atoms with Crippen LogP contribution >= 0.6 is 0 Å². The highest BCUT2D eigenvalue weighted by molar-refractivity contribution is 6.82. The summed E-state index contributed by atoms with van der Waals surface area (Å²) in [5.74, 6) is -0.161. The Morgan fingerprint density at radius 2 is 1.71 bits per heavy atom. The maximum Gasteiger partial charge on any atom is 0.318 e. The fourth-order valence-corrected chi connectivity index (χ4v) is 5.31. The topological polar surface area (TPSA) is 47.0 Å². The minimum Gasteiger partial charge on any atom is -0.459 e. The van der Waals surface area contributed by atoms with Crippen LogP contribution in [0.3, 0.4) is 0 Å². The third-order valence-electron chi connectivity index (χ3n) is 4.62. The van der Waals surface area contributed by atoms with Crippen LogP contribution < -0.4 is 9.72 Å². The Morgan fingerprint density at radius 1 is 1.08 bits per heavy atom. The summed E-state index contributed by atoms with van der Waals surface area (Å²) in [5.41, 5.74) is 2.23. The van der Waals surface area contributed by atoms with Gasteiger partial charge in [0.05, 0.1) is 6.20 Å². The first-order valence-electron chi connectivity index (χ1n) is 8.51. The lowest BCUT2D eigenvalue weighted by molar-refractivity contribution is 0.280. The summed E-state index contributed by atoms with van der Waals surface area (Å²) >= 11 is 0. The van der Waals surface area contributed by atoms with E-state index in [0.29, 0.717) is 6.61 Å². The summed E-state index contributed by atoms with van der Waals surface area (Å²) in [4.78, 5) is 11.6. The van der Waals surface area contributed by atoms with Crippen molar-refractivity contribution in [2.24, 2.45) is 0 Å². The smallest absolute Gasteiger partial charge is 0.318 e. The van der Waals surface area contributed by atoms with Crippen molar-refractivity contribution >= 4 is 14.1 Å². The summed E-state index contributed by atoms with van der Waals surface area (Å²) in [7, 11) is -1.74. The number of hydrogen-bond acceptors (Lipinski definition) is 4. The number of hydrogen-bond donors (Lipinski definition) is 1. The molecule has 2 rings (SSSR count). The van der Waals surface area contributed by atoms with Gasteiger partial charge in [-0.25, -0.2) is 9.37 Å². The Bertz CT molecular complexity index is 652. The molecule has 0 saturated heterocycles. The first-order valence-corrected chi connectivity index (χ1v) is 11.1. The summed E-state index contributed by atoms with van der Waals surface area (Å²) in [6.07, 6.45) is 1.18. The Hall–Kier alpha value is -1.95. The molecular weight excluding hydrogens is 321 g/mol. The molecule has 4 nitrogen and oxygen atoms in total. The minimum absolute atomic E-state index is 0.200. The van der Waals surface area contributed by atoms with E-state index in [1.807, 2.05) is 31.2 Å². The van der Waals surface area contributed by atoms with Crippen LogP contribution in [0.5, 0.6) is 6.01 Å². The van der Waals surface area contributed by atoms with E-state index in [1.54, 1.807) is 0 Å². The van der Waals surface area contributed by atoms with Crippen molar-refractivity contribution in [2.75, 3.05) is 4.98 Å². The Kier molecular flexibility index (Phi) is 6.31. The second-order valence-electron chi connectivity index (χ2n) is 6.09. The number of aryl methyl sites for hydroxylation is 1. The standard InChI is InChI=1S/C18H26FN3OSi/c1-5-24(6-2,7-3)22-17-16(19)12-20-18(21-17)23-13-15-10-8-14(4)9-11-15/h8-12H,5-7,13H2,1-4H3,(H,20,21,22). The molecule has 0 fully saturated rings. The number of anilines is 1. The predicted octanol–water partition coefficient (Wildman–Crippen LogP) is 4.92. The van der Waals surface area contributed by atoms with Crippen LogP contribution in [0, 0.1) is 12.7 Å². The summed E-state index contributed by atoms with van der Waals surface area (Å²) in [6.45, 7) is 8.86. The molecular formula is C18H26FN3OSi.